The number of amides is 1. The summed E-state index contributed by atoms with van der Waals surface area (Å²) in [7, 11) is 0. The molecule has 1 unspecified atom stereocenters. The summed E-state index contributed by atoms with van der Waals surface area (Å²) in [6.07, 6.45) is 3.17. The zero-order valence-corrected chi connectivity index (χ0v) is 11.6. The minimum atomic E-state index is 0.0379. The second kappa shape index (κ2) is 11.9. The third-order valence-corrected chi connectivity index (χ3v) is 2.56. The maximum atomic E-state index is 11.6. The van der Waals surface area contributed by atoms with E-state index in [-0.39, 0.29) is 11.8 Å². The molecular formula is C13H28N2O2. The van der Waals surface area contributed by atoms with Crippen molar-refractivity contribution in [3.05, 3.63) is 0 Å². The van der Waals surface area contributed by atoms with Crippen LogP contribution < -0.4 is 10.6 Å². The summed E-state index contributed by atoms with van der Waals surface area (Å²) in [5.41, 5.74) is 0. The average Bonchev–Trinajstić information content (AvgIpc) is 2.34. The first kappa shape index (κ1) is 16.4. The molecule has 4 nitrogen and oxygen atoms in total. The van der Waals surface area contributed by atoms with Crippen molar-refractivity contribution in [3.8, 4) is 0 Å². The second-order valence-corrected chi connectivity index (χ2v) is 4.32. The maximum Gasteiger partial charge on any atom is 0.224 e. The predicted molar refractivity (Wildman–Crippen MR) is 71.1 cm³/mol. The molecule has 4 heteroatoms. The van der Waals surface area contributed by atoms with Gasteiger partial charge >= 0.3 is 0 Å². The lowest BCUT2D eigenvalue weighted by Crippen LogP contribution is -2.36. The van der Waals surface area contributed by atoms with E-state index in [0.717, 1.165) is 39.1 Å². The van der Waals surface area contributed by atoms with Crippen molar-refractivity contribution in [2.24, 2.45) is 5.92 Å². The number of rotatable bonds is 11. The average molecular weight is 244 g/mol. The molecule has 0 rings (SSSR count). The molecule has 0 aromatic heterocycles. The molecule has 2 N–H and O–H groups in total. The Morgan fingerprint density at radius 2 is 1.94 bits per heavy atom. The number of hydrogen-bond donors (Lipinski definition) is 2. The smallest absolute Gasteiger partial charge is 0.224 e. The fourth-order valence-corrected chi connectivity index (χ4v) is 1.36. The molecule has 102 valence electrons. The van der Waals surface area contributed by atoms with Crippen molar-refractivity contribution in [3.63, 3.8) is 0 Å². The fourth-order valence-electron chi connectivity index (χ4n) is 1.36. The molecule has 0 saturated heterocycles. The van der Waals surface area contributed by atoms with Crippen LogP contribution in [0.3, 0.4) is 0 Å². The van der Waals surface area contributed by atoms with Gasteiger partial charge in [0.25, 0.3) is 0 Å². The van der Waals surface area contributed by atoms with E-state index in [1.54, 1.807) is 0 Å². The normalized spacial score (nSPS) is 12.4. The van der Waals surface area contributed by atoms with Gasteiger partial charge in [0.05, 0.1) is 0 Å². The molecule has 0 aromatic rings. The number of carbonyl (C=O) groups excluding carboxylic acids is 1. The molecule has 0 spiro atoms. The van der Waals surface area contributed by atoms with Crippen molar-refractivity contribution in [1.29, 1.82) is 0 Å². The van der Waals surface area contributed by atoms with Gasteiger partial charge in [0.15, 0.2) is 0 Å². The Morgan fingerprint density at radius 1 is 1.24 bits per heavy atom. The van der Waals surface area contributed by atoms with E-state index in [9.17, 15) is 4.79 Å². The quantitative estimate of drug-likeness (QED) is 0.542. The van der Waals surface area contributed by atoms with Crippen LogP contribution in [0, 0.1) is 5.92 Å². The third kappa shape index (κ3) is 10.3. The second-order valence-electron chi connectivity index (χ2n) is 4.32. The van der Waals surface area contributed by atoms with Gasteiger partial charge in [-0.2, -0.15) is 0 Å². The lowest BCUT2D eigenvalue weighted by atomic mass is 10.1. The Hall–Kier alpha value is -0.610. The van der Waals surface area contributed by atoms with Gasteiger partial charge in [0.2, 0.25) is 5.91 Å². The third-order valence-electron chi connectivity index (χ3n) is 2.56. The summed E-state index contributed by atoms with van der Waals surface area (Å²) in [4.78, 5) is 11.6. The highest BCUT2D eigenvalue weighted by atomic mass is 16.5. The molecule has 1 atom stereocenters. The molecule has 0 aromatic carbocycles. The number of nitrogens with one attached hydrogen (secondary N) is 2. The van der Waals surface area contributed by atoms with Crippen LogP contribution in [0.1, 0.15) is 40.0 Å². The van der Waals surface area contributed by atoms with Crippen LogP contribution in [0.5, 0.6) is 0 Å². The topological polar surface area (TPSA) is 50.4 Å². The van der Waals surface area contributed by atoms with Crippen LogP contribution in [0.25, 0.3) is 0 Å². The summed E-state index contributed by atoms with van der Waals surface area (Å²) in [6, 6.07) is 0. The maximum absolute atomic E-state index is 11.6. The number of hydrogen-bond acceptors (Lipinski definition) is 3. The molecule has 0 radical (unpaired) electrons. The Morgan fingerprint density at radius 3 is 2.59 bits per heavy atom. The van der Waals surface area contributed by atoms with Gasteiger partial charge in [-0.05, 0) is 19.4 Å². The molecule has 0 aliphatic rings. The molecule has 17 heavy (non-hydrogen) atoms. The SMILES string of the molecule is CCCCOCCCNC(=O)C(C)CNCC. The van der Waals surface area contributed by atoms with Crippen molar-refractivity contribution < 1.29 is 9.53 Å². The first-order valence-electron chi connectivity index (χ1n) is 6.78. The van der Waals surface area contributed by atoms with E-state index >= 15 is 0 Å². The van der Waals surface area contributed by atoms with E-state index in [1.807, 2.05) is 13.8 Å². The fraction of sp³-hybridized carbons (Fsp3) is 0.923. The zero-order valence-electron chi connectivity index (χ0n) is 11.6. The largest absolute Gasteiger partial charge is 0.381 e. The van der Waals surface area contributed by atoms with Gasteiger partial charge < -0.3 is 15.4 Å². The zero-order chi connectivity index (χ0) is 12.9. The molecular weight excluding hydrogens is 216 g/mol. The minimum Gasteiger partial charge on any atom is -0.381 e. The monoisotopic (exact) mass is 244 g/mol. The minimum absolute atomic E-state index is 0.0379. The molecule has 0 saturated carbocycles. The number of unbranched alkanes of at least 4 members (excludes halogenated alkanes) is 1. The Balaban J connectivity index is 3.32. The van der Waals surface area contributed by atoms with Crippen LogP contribution in [0.2, 0.25) is 0 Å². The molecule has 0 aliphatic heterocycles. The van der Waals surface area contributed by atoms with Crippen LogP contribution >= 0.6 is 0 Å². The van der Waals surface area contributed by atoms with E-state index in [0.29, 0.717) is 6.54 Å². The summed E-state index contributed by atoms with van der Waals surface area (Å²) in [5.74, 6) is 0.162. The van der Waals surface area contributed by atoms with Gasteiger partial charge in [-0.1, -0.05) is 27.2 Å². The highest BCUT2D eigenvalue weighted by Crippen LogP contribution is 1.93. The van der Waals surface area contributed by atoms with Gasteiger partial charge in [-0.25, -0.2) is 0 Å². The van der Waals surface area contributed by atoms with E-state index in [1.165, 1.54) is 6.42 Å². The Bertz CT molecular complexity index is 186. The standard InChI is InChI=1S/C13H28N2O2/c1-4-6-9-17-10-7-8-15-13(16)12(3)11-14-5-2/h12,14H,4-11H2,1-3H3,(H,15,16). The summed E-state index contributed by atoms with van der Waals surface area (Å²) < 4.78 is 5.42. The highest BCUT2D eigenvalue weighted by Gasteiger charge is 2.10. The highest BCUT2D eigenvalue weighted by molar-refractivity contribution is 5.78. The number of ether oxygens (including phenoxy) is 1. The molecule has 0 aliphatic carbocycles. The van der Waals surface area contributed by atoms with Crippen molar-refractivity contribution in [2.75, 3.05) is 32.8 Å². The summed E-state index contributed by atoms with van der Waals surface area (Å²) in [5, 5.41) is 6.09. The van der Waals surface area contributed by atoms with Gasteiger partial charge in [-0.15, -0.1) is 0 Å². The molecule has 1 amide bonds. The molecule has 0 fully saturated rings. The Labute approximate surface area is 105 Å². The summed E-state index contributed by atoms with van der Waals surface area (Å²) >= 11 is 0. The van der Waals surface area contributed by atoms with E-state index < -0.39 is 0 Å². The van der Waals surface area contributed by atoms with Crippen molar-refractivity contribution in [2.45, 2.75) is 40.0 Å². The van der Waals surface area contributed by atoms with Crippen molar-refractivity contribution in [1.82, 2.24) is 10.6 Å². The molecule has 0 heterocycles. The molecule has 0 bridgehead atoms. The lowest BCUT2D eigenvalue weighted by Gasteiger charge is -2.12. The Kier molecular flexibility index (Phi) is 11.4. The van der Waals surface area contributed by atoms with Crippen LogP contribution in [0.15, 0.2) is 0 Å². The summed E-state index contributed by atoms with van der Waals surface area (Å²) in [6.45, 7) is 10.1. The van der Waals surface area contributed by atoms with Crippen molar-refractivity contribution >= 4 is 5.91 Å². The van der Waals surface area contributed by atoms with Gasteiger partial charge in [-0.3, -0.25) is 4.79 Å². The predicted octanol–water partition coefficient (Wildman–Crippen LogP) is 1.55. The first-order valence-corrected chi connectivity index (χ1v) is 6.78. The van der Waals surface area contributed by atoms with Gasteiger partial charge in [0.1, 0.15) is 0 Å². The van der Waals surface area contributed by atoms with Crippen LogP contribution in [-0.4, -0.2) is 38.8 Å². The number of carbonyl (C=O) groups is 1. The van der Waals surface area contributed by atoms with E-state index in [2.05, 4.69) is 17.6 Å². The van der Waals surface area contributed by atoms with E-state index in [4.69, 9.17) is 4.74 Å². The van der Waals surface area contributed by atoms with Gasteiger partial charge in [0, 0.05) is 32.2 Å². The van der Waals surface area contributed by atoms with Crippen LogP contribution in [-0.2, 0) is 9.53 Å². The first-order chi connectivity index (χ1) is 8.22. The lowest BCUT2D eigenvalue weighted by molar-refractivity contribution is -0.124. The van der Waals surface area contributed by atoms with Crippen LogP contribution in [0.4, 0.5) is 0 Å².